The van der Waals surface area contributed by atoms with E-state index in [1.54, 1.807) is 0 Å². The molecule has 1 heterocycles. The molecule has 0 radical (unpaired) electrons. The third-order valence-electron chi connectivity index (χ3n) is 4.60. The minimum atomic E-state index is -0.447. The molecule has 24 heavy (non-hydrogen) atoms. The summed E-state index contributed by atoms with van der Waals surface area (Å²) in [4.78, 5) is 26.8. The third-order valence-corrected chi connectivity index (χ3v) is 4.60. The van der Waals surface area contributed by atoms with Crippen LogP contribution in [0.1, 0.15) is 38.2 Å². The second-order valence-electron chi connectivity index (χ2n) is 6.52. The number of aliphatic hydroxyl groups excluding tert-OH is 1. The van der Waals surface area contributed by atoms with E-state index in [1.807, 2.05) is 42.2 Å². The topological polar surface area (TPSA) is 69.6 Å². The van der Waals surface area contributed by atoms with Crippen molar-refractivity contribution >= 4 is 11.8 Å². The number of hydrogen-bond donors (Lipinski definition) is 2. The Morgan fingerprint density at radius 3 is 2.50 bits per heavy atom. The molecule has 1 saturated heterocycles. The first-order valence-electron chi connectivity index (χ1n) is 8.87. The molecule has 0 saturated carbocycles. The number of carbonyl (C=O) groups is 2. The van der Waals surface area contributed by atoms with Crippen molar-refractivity contribution in [2.24, 2.45) is 5.92 Å². The van der Waals surface area contributed by atoms with E-state index in [2.05, 4.69) is 5.32 Å². The van der Waals surface area contributed by atoms with Gasteiger partial charge in [0, 0.05) is 19.7 Å². The smallest absolute Gasteiger partial charge is 0.245 e. The van der Waals surface area contributed by atoms with Crippen molar-refractivity contribution in [3.8, 4) is 0 Å². The molecule has 1 fully saturated rings. The van der Waals surface area contributed by atoms with Crippen LogP contribution in [0.4, 0.5) is 0 Å². The van der Waals surface area contributed by atoms with Gasteiger partial charge < -0.3 is 15.3 Å². The van der Waals surface area contributed by atoms with E-state index in [-0.39, 0.29) is 18.4 Å². The van der Waals surface area contributed by atoms with Gasteiger partial charge in [-0.1, -0.05) is 43.7 Å². The van der Waals surface area contributed by atoms with Crippen LogP contribution in [0.25, 0.3) is 0 Å². The fourth-order valence-corrected chi connectivity index (χ4v) is 3.13. The van der Waals surface area contributed by atoms with Crippen LogP contribution in [0.5, 0.6) is 0 Å². The first kappa shape index (κ1) is 18.5. The predicted molar refractivity (Wildman–Crippen MR) is 93.4 cm³/mol. The van der Waals surface area contributed by atoms with Gasteiger partial charge in [-0.25, -0.2) is 0 Å². The molecule has 2 N–H and O–H groups in total. The Morgan fingerprint density at radius 1 is 1.25 bits per heavy atom. The Morgan fingerprint density at radius 2 is 1.92 bits per heavy atom. The molecule has 0 aliphatic carbocycles. The average Bonchev–Trinajstić information content (AvgIpc) is 2.61. The lowest BCUT2D eigenvalue weighted by Crippen LogP contribution is -2.51. The molecule has 1 unspecified atom stereocenters. The summed E-state index contributed by atoms with van der Waals surface area (Å²) < 4.78 is 0. The van der Waals surface area contributed by atoms with Gasteiger partial charge in [-0.3, -0.25) is 9.59 Å². The summed E-state index contributed by atoms with van der Waals surface area (Å²) in [6, 6.07) is 9.11. The minimum absolute atomic E-state index is 0.00894. The molecule has 1 aliphatic heterocycles. The summed E-state index contributed by atoms with van der Waals surface area (Å²) in [7, 11) is 0. The molecule has 2 rings (SSSR count). The Hall–Kier alpha value is -1.88. The maximum absolute atomic E-state index is 12.7. The molecular formula is C19H28N2O3. The van der Waals surface area contributed by atoms with E-state index in [0.717, 1.165) is 24.8 Å². The highest BCUT2D eigenvalue weighted by Gasteiger charge is 2.28. The highest BCUT2D eigenvalue weighted by atomic mass is 16.3. The lowest BCUT2D eigenvalue weighted by atomic mass is 9.97. The third kappa shape index (κ3) is 5.34. The van der Waals surface area contributed by atoms with Crippen molar-refractivity contribution in [3.05, 3.63) is 35.9 Å². The van der Waals surface area contributed by atoms with Crippen molar-refractivity contribution in [1.82, 2.24) is 10.2 Å². The normalized spacial score (nSPS) is 16.7. The molecule has 1 aromatic carbocycles. The van der Waals surface area contributed by atoms with Gasteiger partial charge in [0.1, 0.15) is 6.04 Å². The second kappa shape index (κ2) is 9.42. The minimum Gasteiger partial charge on any atom is -0.396 e. The molecule has 1 aromatic rings. The Bertz CT molecular complexity index is 525. The van der Waals surface area contributed by atoms with Gasteiger partial charge in [0.15, 0.2) is 0 Å². The van der Waals surface area contributed by atoms with E-state index in [0.29, 0.717) is 31.8 Å². The number of hydrogen-bond acceptors (Lipinski definition) is 3. The zero-order valence-electron chi connectivity index (χ0n) is 14.4. The van der Waals surface area contributed by atoms with Gasteiger partial charge in [0.05, 0.1) is 6.42 Å². The molecule has 5 nitrogen and oxygen atoms in total. The number of nitrogens with zero attached hydrogens (tertiary/aromatic N) is 1. The molecule has 0 aromatic heterocycles. The van der Waals surface area contributed by atoms with E-state index in [1.165, 1.54) is 0 Å². The Kier molecular flexibility index (Phi) is 7.25. The number of aliphatic hydroxyl groups is 1. The molecule has 2 amide bonds. The number of nitrogens with one attached hydrogen (secondary N) is 1. The highest BCUT2D eigenvalue weighted by molar-refractivity contribution is 5.88. The van der Waals surface area contributed by atoms with E-state index in [9.17, 15) is 14.7 Å². The van der Waals surface area contributed by atoms with Crippen molar-refractivity contribution in [2.75, 3.05) is 19.7 Å². The summed E-state index contributed by atoms with van der Waals surface area (Å²) in [5.41, 5.74) is 0.946. The number of amides is 2. The molecule has 5 heteroatoms. The number of likely N-dealkylation sites (tertiary alicyclic amines) is 1. The molecule has 1 aliphatic rings. The summed E-state index contributed by atoms with van der Waals surface area (Å²) >= 11 is 0. The summed E-state index contributed by atoms with van der Waals surface area (Å²) in [6.45, 7) is 3.54. The summed E-state index contributed by atoms with van der Waals surface area (Å²) in [5.74, 6) is 0.194. The molecule has 1 atom stereocenters. The standard InChI is InChI=1S/C19H28N2O3/c1-2-6-17(19(24)21-11-9-16(14-22)10-12-21)20-18(23)13-15-7-4-3-5-8-15/h3-5,7-8,16-17,22H,2,6,9-14H2,1H3,(H,20,23). The van der Waals surface area contributed by atoms with Crippen LogP contribution >= 0.6 is 0 Å². The molecule has 132 valence electrons. The molecular weight excluding hydrogens is 304 g/mol. The predicted octanol–water partition coefficient (Wildman–Crippen LogP) is 1.74. The summed E-state index contributed by atoms with van der Waals surface area (Å²) in [6.07, 6.45) is 3.45. The quantitative estimate of drug-likeness (QED) is 0.799. The zero-order valence-corrected chi connectivity index (χ0v) is 14.4. The number of piperidine rings is 1. The maximum atomic E-state index is 12.7. The van der Waals surface area contributed by atoms with Gasteiger partial charge in [-0.15, -0.1) is 0 Å². The van der Waals surface area contributed by atoms with Crippen molar-refractivity contribution < 1.29 is 14.7 Å². The number of rotatable bonds is 7. The van der Waals surface area contributed by atoms with Gasteiger partial charge in [-0.05, 0) is 30.7 Å². The monoisotopic (exact) mass is 332 g/mol. The van der Waals surface area contributed by atoms with Gasteiger partial charge in [0.25, 0.3) is 0 Å². The van der Waals surface area contributed by atoms with Gasteiger partial charge in [0.2, 0.25) is 11.8 Å². The van der Waals surface area contributed by atoms with Crippen molar-refractivity contribution in [2.45, 2.75) is 45.1 Å². The van der Waals surface area contributed by atoms with Crippen LogP contribution in [-0.2, 0) is 16.0 Å². The first-order chi connectivity index (χ1) is 11.6. The van der Waals surface area contributed by atoms with E-state index >= 15 is 0 Å². The summed E-state index contributed by atoms with van der Waals surface area (Å²) in [5, 5.41) is 12.1. The van der Waals surface area contributed by atoms with Crippen LogP contribution < -0.4 is 5.32 Å². The van der Waals surface area contributed by atoms with Crippen LogP contribution in [-0.4, -0.2) is 47.6 Å². The van der Waals surface area contributed by atoms with Gasteiger partial charge >= 0.3 is 0 Å². The lowest BCUT2D eigenvalue weighted by Gasteiger charge is -2.33. The van der Waals surface area contributed by atoms with Crippen LogP contribution in [0.2, 0.25) is 0 Å². The van der Waals surface area contributed by atoms with Crippen LogP contribution in [0.15, 0.2) is 30.3 Å². The van der Waals surface area contributed by atoms with Gasteiger partial charge in [-0.2, -0.15) is 0 Å². The Balaban J connectivity index is 1.90. The van der Waals surface area contributed by atoms with Crippen molar-refractivity contribution in [1.29, 1.82) is 0 Å². The first-order valence-corrected chi connectivity index (χ1v) is 8.87. The van der Waals surface area contributed by atoms with Crippen molar-refractivity contribution in [3.63, 3.8) is 0 Å². The number of benzene rings is 1. The molecule has 0 bridgehead atoms. The maximum Gasteiger partial charge on any atom is 0.245 e. The zero-order chi connectivity index (χ0) is 17.4. The number of carbonyl (C=O) groups excluding carboxylic acids is 2. The highest BCUT2D eigenvalue weighted by Crippen LogP contribution is 2.18. The van der Waals surface area contributed by atoms with Crippen LogP contribution in [0, 0.1) is 5.92 Å². The lowest BCUT2D eigenvalue weighted by molar-refractivity contribution is -0.138. The second-order valence-corrected chi connectivity index (χ2v) is 6.52. The Labute approximate surface area is 144 Å². The fourth-order valence-electron chi connectivity index (χ4n) is 3.13. The molecule has 0 spiro atoms. The SMILES string of the molecule is CCCC(NC(=O)Cc1ccccc1)C(=O)N1CCC(CO)CC1. The average molecular weight is 332 g/mol. The largest absolute Gasteiger partial charge is 0.396 e. The fraction of sp³-hybridized carbons (Fsp3) is 0.579. The van der Waals surface area contributed by atoms with E-state index in [4.69, 9.17) is 0 Å². The van der Waals surface area contributed by atoms with E-state index < -0.39 is 6.04 Å². The van der Waals surface area contributed by atoms with Crippen LogP contribution in [0.3, 0.4) is 0 Å².